The molecule has 1 amide bonds. The zero-order chi connectivity index (χ0) is 17.6. The van der Waals surface area contributed by atoms with E-state index in [-0.39, 0.29) is 17.1 Å². The van der Waals surface area contributed by atoms with Crippen molar-refractivity contribution in [2.24, 2.45) is 0 Å². The number of thioether (sulfide) groups is 1. The second-order valence-corrected chi connectivity index (χ2v) is 6.18. The molecule has 0 radical (unpaired) electrons. The molecule has 2 atom stereocenters. The number of carboxylic acids is 1. The fourth-order valence-corrected chi connectivity index (χ4v) is 2.60. The molecule has 0 bridgehead atoms. The van der Waals surface area contributed by atoms with Crippen molar-refractivity contribution in [3.8, 4) is 0 Å². The third-order valence-electron chi connectivity index (χ3n) is 2.85. The number of halogens is 1. The molecule has 1 rings (SSSR count). The lowest BCUT2D eigenvalue weighted by atomic mass is 10.1. The van der Waals surface area contributed by atoms with Gasteiger partial charge >= 0.3 is 5.97 Å². The Kier molecular flexibility index (Phi) is 6.89. The SMILES string of the molecule is CC(=O)SC(CC(=O)N[C@@H](C)C(=O)O)C(=O)c1ccc(F)cc1. The Labute approximate surface area is 136 Å². The minimum atomic E-state index is -1.21. The summed E-state index contributed by atoms with van der Waals surface area (Å²) in [6.45, 7) is 2.54. The number of carboxylic acid groups (broad SMARTS) is 1. The predicted octanol–water partition coefficient (Wildman–Crippen LogP) is 1.64. The number of nitrogens with one attached hydrogen (secondary N) is 1. The summed E-state index contributed by atoms with van der Waals surface area (Å²) in [5, 5.41) is 9.61. The van der Waals surface area contributed by atoms with Gasteiger partial charge in [-0.05, 0) is 31.2 Å². The number of Topliss-reactive ketones (excluding diaryl/α,β-unsaturated/α-hetero) is 1. The van der Waals surface area contributed by atoms with Gasteiger partial charge in [0.1, 0.15) is 11.9 Å². The molecule has 0 saturated carbocycles. The van der Waals surface area contributed by atoms with Crippen molar-refractivity contribution in [3.05, 3.63) is 35.6 Å². The first-order valence-electron chi connectivity index (χ1n) is 6.70. The molecule has 0 spiro atoms. The Morgan fingerprint density at radius 2 is 1.78 bits per heavy atom. The fourth-order valence-electron chi connectivity index (χ4n) is 1.72. The van der Waals surface area contributed by atoms with Crippen LogP contribution in [0.1, 0.15) is 30.6 Å². The third-order valence-corrected chi connectivity index (χ3v) is 3.85. The minimum Gasteiger partial charge on any atom is -0.480 e. The summed E-state index contributed by atoms with van der Waals surface area (Å²) in [6.07, 6.45) is -0.349. The van der Waals surface area contributed by atoms with Gasteiger partial charge in [-0.3, -0.25) is 19.2 Å². The predicted molar refractivity (Wildman–Crippen MR) is 82.6 cm³/mol. The van der Waals surface area contributed by atoms with Crippen molar-refractivity contribution < 1.29 is 28.7 Å². The van der Waals surface area contributed by atoms with Crippen LogP contribution in [0.3, 0.4) is 0 Å². The van der Waals surface area contributed by atoms with Gasteiger partial charge in [0.25, 0.3) is 0 Å². The number of ketones is 1. The molecular weight excluding hydrogens is 325 g/mol. The highest BCUT2D eigenvalue weighted by molar-refractivity contribution is 8.14. The number of rotatable bonds is 7. The lowest BCUT2D eigenvalue weighted by Gasteiger charge is -2.15. The van der Waals surface area contributed by atoms with E-state index in [4.69, 9.17) is 5.11 Å². The summed E-state index contributed by atoms with van der Waals surface area (Å²) in [4.78, 5) is 46.2. The van der Waals surface area contributed by atoms with Crippen molar-refractivity contribution >= 4 is 34.5 Å². The number of carbonyl (C=O) groups is 4. The molecule has 6 nitrogen and oxygen atoms in total. The van der Waals surface area contributed by atoms with Crippen LogP contribution in [0, 0.1) is 5.82 Å². The molecule has 2 N–H and O–H groups in total. The number of carbonyl (C=O) groups excluding carboxylic acids is 3. The van der Waals surface area contributed by atoms with Crippen LogP contribution in [-0.4, -0.2) is 39.2 Å². The second kappa shape index (κ2) is 8.42. The molecule has 8 heteroatoms. The quantitative estimate of drug-likeness (QED) is 0.731. The molecule has 0 aromatic heterocycles. The molecule has 124 valence electrons. The molecule has 0 aliphatic heterocycles. The molecule has 23 heavy (non-hydrogen) atoms. The van der Waals surface area contributed by atoms with Gasteiger partial charge in [0.2, 0.25) is 5.91 Å². The van der Waals surface area contributed by atoms with E-state index in [1.165, 1.54) is 26.0 Å². The van der Waals surface area contributed by atoms with Crippen molar-refractivity contribution in [1.29, 1.82) is 0 Å². The number of hydrogen-bond acceptors (Lipinski definition) is 5. The first-order chi connectivity index (χ1) is 10.7. The normalized spacial score (nSPS) is 13.0. The minimum absolute atomic E-state index is 0.171. The average molecular weight is 341 g/mol. The summed E-state index contributed by atoms with van der Waals surface area (Å²) < 4.78 is 12.9. The van der Waals surface area contributed by atoms with E-state index in [0.29, 0.717) is 11.8 Å². The largest absolute Gasteiger partial charge is 0.480 e. The van der Waals surface area contributed by atoms with E-state index in [0.717, 1.165) is 12.1 Å². The van der Waals surface area contributed by atoms with Crippen LogP contribution in [0.5, 0.6) is 0 Å². The lowest BCUT2D eigenvalue weighted by Crippen LogP contribution is -2.40. The number of amides is 1. The Morgan fingerprint density at radius 1 is 1.22 bits per heavy atom. The van der Waals surface area contributed by atoms with Gasteiger partial charge in [-0.25, -0.2) is 4.39 Å². The van der Waals surface area contributed by atoms with Crippen molar-refractivity contribution in [2.75, 3.05) is 0 Å². The maximum atomic E-state index is 12.9. The molecular formula is C15H16FNO5S. The van der Waals surface area contributed by atoms with Crippen LogP contribution in [0.15, 0.2) is 24.3 Å². The molecule has 1 unspecified atom stereocenters. The first-order valence-corrected chi connectivity index (χ1v) is 7.58. The highest BCUT2D eigenvalue weighted by atomic mass is 32.2. The van der Waals surface area contributed by atoms with Gasteiger partial charge in [-0.2, -0.15) is 0 Å². The lowest BCUT2D eigenvalue weighted by molar-refractivity contribution is -0.141. The van der Waals surface area contributed by atoms with E-state index >= 15 is 0 Å². The zero-order valence-electron chi connectivity index (χ0n) is 12.5. The molecule has 0 aliphatic carbocycles. The maximum absolute atomic E-state index is 12.9. The average Bonchev–Trinajstić information content (AvgIpc) is 2.45. The molecule has 0 aliphatic rings. The number of aliphatic carboxylic acids is 1. The van der Waals surface area contributed by atoms with Crippen molar-refractivity contribution in [1.82, 2.24) is 5.32 Å². The highest BCUT2D eigenvalue weighted by Gasteiger charge is 2.26. The monoisotopic (exact) mass is 341 g/mol. The van der Waals surface area contributed by atoms with Crippen molar-refractivity contribution in [2.45, 2.75) is 31.6 Å². The summed E-state index contributed by atoms with van der Waals surface area (Å²) in [5.41, 5.74) is 0.171. The van der Waals surface area contributed by atoms with Gasteiger partial charge < -0.3 is 10.4 Å². The zero-order valence-corrected chi connectivity index (χ0v) is 13.4. The second-order valence-electron chi connectivity index (χ2n) is 4.80. The molecule has 1 aromatic rings. The van der Waals surface area contributed by atoms with E-state index in [1.54, 1.807) is 0 Å². The van der Waals surface area contributed by atoms with Crippen LogP contribution in [0.2, 0.25) is 0 Å². The van der Waals surface area contributed by atoms with Gasteiger partial charge in [0.15, 0.2) is 10.9 Å². The Bertz CT molecular complexity index is 617. The molecule has 0 saturated heterocycles. The summed E-state index contributed by atoms with van der Waals surface area (Å²) in [7, 11) is 0. The van der Waals surface area contributed by atoms with Gasteiger partial charge in [0.05, 0.1) is 5.25 Å². The Balaban J connectivity index is 2.85. The summed E-state index contributed by atoms with van der Waals surface area (Å²) in [5.74, 6) is -2.87. The van der Waals surface area contributed by atoms with Crippen LogP contribution < -0.4 is 5.32 Å². The van der Waals surface area contributed by atoms with Crippen molar-refractivity contribution in [3.63, 3.8) is 0 Å². The van der Waals surface area contributed by atoms with Gasteiger partial charge in [-0.1, -0.05) is 11.8 Å². The van der Waals surface area contributed by atoms with E-state index in [9.17, 15) is 23.6 Å². The van der Waals surface area contributed by atoms with E-state index < -0.39 is 34.8 Å². The topological polar surface area (TPSA) is 101 Å². The first kappa shape index (κ1) is 18.8. The molecule has 0 fully saturated rings. The maximum Gasteiger partial charge on any atom is 0.325 e. The number of hydrogen-bond donors (Lipinski definition) is 2. The van der Waals surface area contributed by atoms with E-state index in [1.807, 2.05) is 0 Å². The molecule has 0 heterocycles. The smallest absolute Gasteiger partial charge is 0.325 e. The highest BCUT2D eigenvalue weighted by Crippen LogP contribution is 2.21. The van der Waals surface area contributed by atoms with Crippen LogP contribution in [-0.2, 0) is 14.4 Å². The van der Waals surface area contributed by atoms with Crippen LogP contribution >= 0.6 is 11.8 Å². The number of benzene rings is 1. The van der Waals surface area contributed by atoms with Crippen LogP contribution in [0.4, 0.5) is 4.39 Å². The fraction of sp³-hybridized carbons (Fsp3) is 0.333. The standard InChI is InChI=1S/C15H16FNO5S/c1-8(15(21)22)17-13(19)7-12(23-9(2)18)14(20)10-3-5-11(16)6-4-10/h3-6,8,12H,7H2,1-2H3,(H,17,19)(H,21,22)/t8-,12?/m0/s1. The summed E-state index contributed by atoms with van der Waals surface area (Å²) >= 11 is 0.680. The third kappa shape index (κ3) is 6.19. The molecule has 1 aromatic carbocycles. The Hall–Kier alpha value is -2.22. The van der Waals surface area contributed by atoms with E-state index in [2.05, 4.69) is 5.32 Å². The van der Waals surface area contributed by atoms with Crippen LogP contribution in [0.25, 0.3) is 0 Å². The van der Waals surface area contributed by atoms with Gasteiger partial charge in [-0.15, -0.1) is 0 Å². The Morgan fingerprint density at radius 3 is 2.26 bits per heavy atom. The summed E-state index contributed by atoms with van der Waals surface area (Å²) in [6, 6.07) is 3.64. The van der Waals surface area contributed by atoms with Gasteiger partial charge in [0, 0.05) is 18.9 Å².